The number of aryl methyl sites for hydroxylation is 2. The molecule has 31 heavy (non-hydrogen) atoms. The molecule has 1 N–H and O–H groups in total. The van der Waals surface area contributed by atoms with Crippen LogP contribution in [0.3, 0.4) is 0 Å². The van der Waals surface area contributed by atoms with Gasteiger partial charge >= 0.3 is 0 Å². The molecule has 1 amide bonds. The number of nitrogens with zero attached hydrogens (tertiary/aromatic N) is 3. The lowest BCUT2D eigenvalue weighted by Gasteiger charge is -2.11. The van der Waals surface area contributed by atoms with Gasteiger partial charge in [-0.15, -0.1) is 0 Å². The maximum Gasteiger partial charge on any atom is 0.274 e. The molecule has 4 rings (SSSR count). The Kier molecular flexibility index (Phi) is 5.44. The van der Waals surface area contributed by atoms with Gasteiger partial charge in [0.2, 0.25) is 11.7 Å². The van der Waals surface area contributed by atoms with Crippen LogP contribution in [0.15, 0.2) is 70.0 Å². The van der Waals surface area contributed by atoms with Gasteiger partial charge in [0.25, 0.3) is 11.4 Å². The summed E-state index contributed by atoms with van der Waals surface area (Å²) >= 11 is 0. The van der Waals surface area contributed by atoms with E-state index in [2.05, 4.69) is 15.5 Å². The maximum absolute atomic E-state index is 13.5. The molecule has 8 heteroatoms. The predicted octanol–water partition coefficient (Wildman–Crippen LogP) is 3.96. The molecule has 2 heterocycles. The molecule has 0 bridgehead atoms. The Morgan fingerprint density at radius 1 is 1.06 bits per heavy atom. The first-order valence-corrected chi connectivity index (χ1v) is 9.57. The van der Waals surface area contributed by atoms with Gasteiger partial charge in [-0.05, 0) is 55.3 Å². The van der Waals surface area contributed by atoms with Crippen LogP contribution in [-0.2, 0) is 11.3 Å². The largest absolute Gasteiger partial charge is 0.332 e. The first-order valence-electron chi connectivity index (χ1n) is 9.57. The van der Waals surface area contributed by atoms with E-state index in [4.69, 9.17) is 4.52 Å². The lowest BCUT2D eigenvalue weighted by Crippen LogP contribution is -2.28. The van der Waals surface area contributed by atoms with Crippen molar-refractivity contribution in [3.05, 3.63) is 88.0 Å². The zero-order valence-corrected chi connectivity index (χ0v) is 16.9. The molecule has 2 aromatic carbocycles. The number of amides is 1. The number of halogens is 1. The van der Waals surface area contributed by atoms with E-state index < -0.39 is 11.4 Å². The van der Waals surface area contributed by atoms with E-state index in [-0.39, 0.29) is 24.2 Å². The zero-order valence-electron chi connectivity index (χ0n) is 16.9. The van der Waals surface area contributed by atoms with Gasteiger partial charge in [-0.3, -0.25) is 14.2 Å². The minimum Gasteiger partial charge on any atom is -0.332 e. The molecule has 0 saturated heterocycles. The summed E-state index contributed by atoms with van der Waals surface area (Å²) in [6, 6.07) is 16.0. The van der Waals surface area contributed by atoms with Crippen LogP contribution in [0.2, 0.25) is 0 Å². The van der Waals surface area contributed by atoms with Crippen LogP contribution < -0.4 is 10.9 Å². The molecule has 0 spiro atoms. The van der Waals surface area contributed by atoms with Gasteiger partial charge in [-0.1, -0.05) is 29.4 Å². The fourth-order valence-corrected chi connectivity index (χ4v) is 3.33. The van der Waals surface area contributed by atoms with Crippen LogP contribution in [0.1, 0.15) is 11.1 Å². The van der Waals surface area contributed by atoms with Crippen molar-refractivity contribution in [2.45, 2.75) is 20.4 Å². The van der Waals surface area contributed by atoms with Crippen LogP contribution in [0.5, 0.6) is 0 Å². The van der Waals surface area contributed by atoms with Gasteiger partial charge in [0.1, 0.15) is 18.1 Å². The number of nitrogens with one attached hydrogen (secondary N) is 1. The van der Waals surface area contributed by atoms with Gasteiger partial charge in [-0.25, -0.2) is 4.39 Å². The van der Waals surface area contributed by atoms with E-state index in [9.17, 15) is 14.0 Å². The highest BCUT2D eigenvalue weighted by atomic mass is 19.1. The minimum atomic E-state index is -0.427. The molecule has 0 radical (unpaired) electrons. The molecule has 0 unspecified atom stereocenters. The van der Waals surface area contributed by atoms with Crippen molar-refractivity contribution in [2.75, 3.05) is 5.32 Å². The second-order valence-electron chi connectivity index (χ2n) is 7.19. The lowest BCUT2D eigenvalue weighted by molar-refractivity contribution is -0.116. The number of aromatic nitrogens is 3. The highest BCUT2D eigenvalue weighted by Gasteiger charge is 2.17. The van der Waals surface area contributed by atoms with E-state index >= 15 is 0 Å². The number of rotatable bonds is 5. The van der Waals surface area contributed by atoms with Crippen molar-refractivity contribution < 1.29 is 13.7 Å². The number of hydrogen-bond acceptors (Lipinski definition) is 5. The Balaban J connectivity index is 1.62. The van der Waals surface area contributed by atoms with Crippen molar-refractivity contribution in [1.82, 2.24) is 14.7 Å². The van der Waals surface area contributed by atoms with E-state index in [0.717, 1.165) is 11.1 Å². The molecule has 4 aromatic rings. The van der Waals surface area contributed by atoms with Crippen LogP contribution in [-0.4, -0.2) is 20.6 Å². The van der Waals surface area contributed by atoms with E-state index in [1.165, 1.54) is 28.8 Å². The van der Waals surface area contributed by atoms with Crippen LogP contribution >= 0.6 is 0 Å². The van der Waals surface area contributed by atoms with E-state index in [0.29, 0.717) is 16.9 Å². The van der Waals surface area contributed by atoms with Gasteiger partial charge in [0, 0.05) is 17.3 Å². The molecule has 0 atom stereocenters. The Labute approximate surface area is 177 Å². The third-order valence-electron chi connectivity index (χ3n) is 4.58. The number of benzene rings is 2. The number of anilines is 1. The van der Waals surface area contributed by atoms with Gasteiger partial charge in [0.05, 0.1) is 0 Å². The predicted molar refractivity (Wildman–Crippen MR) is 114 cm³/mol. The molecule has 0 aliphatic rings. The third kappa shape index (κ3) is 4.58. The lowest BCUT2D eigenvalue weighted by atomic mass is 10.1. The number of pyridine rings is 1. The smallest absolute Gasteiger partial charge is 0.274 e. The van der Waals surface area contributed by atoms with Crippen LogP contribution in [0, 0.1) is 19.7 Å². The topological polar surface area (TPSA) is 90.0 Å². The average molecular weight is 418 g/mol. The standard InChI is InChI=1S/C23H19FN4O3/c1-14-9-15(2)11-18(10-14)25-20(29)13-28-19(7-4-8-21(28)30)23-26-22(27-31-23)16-5-3-6-17(24)12-16/h3-12H,13H2,1-2H3,(H,25,29). The Morgan fingerprint density at radius 2 is 1.81 bits per heavy atom. The highest BCUT2D eigenvalue weighted by Crippen LogP contribution is 2.22. The number of hydrogen-bond donors (Lipinski definition) is 1. The second kappa shape index (κ2) is 8.35. The molecular formula is C23H19FN4O3. The molecule has 7 nitrogen and oxygen atoms in total. The van der Waals surface area contributed by atoms with Crippen molar-refractivity contribution >= 4 is 11.6 Å². The van der Waals surface area contributed by atoms with Crippen molar-refractivity contribution in [2.24, 2.45) is 0 Å². The Hall–Kier alpha value is -4.07. The summed E-state index contributed by atoms with van der Waals surface area (Å²) < 4.78 is 20.0. The SMILES string of the molecule is Cc1cc(C)cc(NC(=O)Cn2c(-c3nc(-c4cccc(F)c4)no3)cccc2=O)c1. The molecule has 0 aliphatic carbocycles. The van der Waals surface area contributed by atoms with Gasteiger partial charge in [0.15, 0.2) is 0 Å². The molecule has 0 fully saturated rings. The Bertz CT molecular complexity index is 1310. The van der Waals surface area contributed by atoms with E-state index in [1.807, 2.05) is 32.0 Å². The fraction of sp³-hybridized carbons (Fsp3) is 0.130. The molecule has 0 aliphatic heterocycles. The van der Waals surface area contributed by atoms with Crippen molar-refractivity contribution in [1.29, 1.82) is 0 Å². The quantitative estimate of drug-likeness (QED) is 0.530. The molecule has 156 valence electrons. The molecular weight excluding hydrogens is 399 g/mol. The third-order valence-corrected chi connectivity index (χ3v) is 4.58. The molecule has 0 saturated carbocycles. The molecule has 2 aromatic heterocycles. The monoisotopic (exact) mass is 418 g/mol. The number of carbonyl (C=O) groups is 1. The summed E-state index contributed by atoms with van der Waals surface area (Å²) in [5.41, 5.74) is 3.02. The van der Waals surface area contributed by atoms with Crippen LogP contribution in [0.25, 0.3) is 23.0 Å². The Morgan fingerprint density at radius 3 is 2.55 bits per heavy atom. The van der Waals surface area contributed by atoms with Crippen LogP contribution in [0.4, 0.5) is 10.1 Å². The van der Waals surface area contributed by atoms with E-state index in [1.54, 1.807) is 18.2 Å². The summed E-state index contributed by atoms with van der Waals surface area (Å²) in [5, 5.41) is 6.68. The second-order valence-corrected chi connectivity index (χ2v) is 7.19. The summed E-state index contributed by atoms with van der Waals surface area (Å²) in [6.07, 6.45) is 0. The fourth-order valence-electron chi connectivity index (χ4n) is 3.33. The minimum absolute atomic E-state index is 0.0520. The highest BCUT2D eigenvalue weighted by molar-refractivity contribution is 5.91. The van der Waals surface area contributed by atoms with Gasteiger partial charge < -0.3 is 9.84 Å². The zero-order chi connectivity index (χ0) is 22.0. The maximum atomic E-state index is 13.5. The summed E-state index contributed by atoms with van der Waals surface area (Å²) in [7, 11) is 0. The van der Waals surface area contributed by atoms with Gasteiger partial charge in [-0.2, -0.15) is 4.98 Å². The van der Waals surface area contributed by atoms with Crippen molar-refractivity contribution in [3.63, 3.8) is 0 Å². The summed E-state index contributed by atoms with van der Waals surface area (Å²) in [6.45, 7) is 3.64. The summed E-state index contributed by atoms with van der Waals surface area (Å²) in [4.78, 5) is 29.4. The summed E-state index contributed by atoms with van der Waals surface area (Å²) in [5.74, 6) is -0.568. The first-order chi connectivity index (χ1) is 14.9. The van der Waals surface area contributed by atoms with Crippen molar-refractivity contribution in [3.8, 4) is 23.0 Å². The average Bonchev–Trinajstić information content (AvgIpc) is 3.19. The normalized spacial score (nSPS) is 10.8. The first kappa shape index (κ1) is 20.2. The number of carbonyl (C=O) groups excluding carboxylic acids is 1.